The summed E-state index contributed by atoms with van der Waals surface area (Å²) in [5.74, 6) is 0.299. The summed E-state index contributed by atoms with van der Waals surface area (Å²) in [6.07, 6.45) is 6.68. The largest absolute Gasteiger partial charge is 0.677 e. The number of ether oxygens (including phenoxy) is 1. The number of aromatic carboxylic acids is 1. The van der Waals surface area contributed by atoms with Crippen LogP contribution in [0.25, 0.3) is 16.6 Å². The van der Waals surface area contributed by atoms with Gasteiger partial charge in [-0.25, -0.2) is 9.78 Å². The molecule has 0 atom stereocenters. The van der Waals surface area contributed by atoms with Crippen molar-refractivity contribution in [2.75, 3.05) is 25.0 Å². The molecule has 0 saturated heterocycles. The van der Waals surface area contributed by atoms with Crippen LogP contribution < -0.4 is 10.1 Å². The SMILES string of the molecule is CB=O.Cn1ccnc1NCCCn1ncc2cc(C(=O)O)cc(OCCC[NH-])c21. The van der Waals surface area contributed by atoms with E-state index in [9.17, 15) is 9.90 Å². The number of imidazole rings is 1. The van der Waals surface area contributed by atoms with Gasteiger partial charge in [-0.1, -0.05) is 0 Å². The first-order valence-corrected chi connectivity index (χ1v) is 9.63. The molecule has 160 valence electrons. The van der Waals surface area contributed by atoms with Crippen LogP contribution in [-0.2, 0) is 18.3 Å². The molecule has 0 fully saturated rings. The first-order chi connectivity index (χ1) is 14.5. The van der Waals surface area contributed by atoms with Crippen LogP contribution in [0.5, 0.6) is 5.75 Å². The van der Waals surface area contributed by atoms with Crippen LogP contribution in [0.3, 0.4) is 0 Å². The molecule has 0 spiro atoms. The van der Waals surface area contributed by atoms with Gasteiger partial charge in [0.25, 0.3) is 0 Å². The quantitative estimate of drug-likeness (QED) is 0.385. The van der Waals surface area contributed by atoms with Crippen LogP contribution >= 0.6 is 0 Å². The topological polar surface area (TPSA) is 135 Å². The number of hydrogen-bond acceptors (Lipinski definition) is 6. The molecule has 30 heavy (non-hydrogen) atoms. The second kappa shape index (κ2) is 11.7. The van der Waals surface area contributed by atoms with Crippen molar-refractivity contribution in [2.45, 2.75) is 26.2 Å². The summed E-state index contributed by atoms with van der Waals surface area (Å²) in [4.78, 5) is 15.6. The van der Waals surface area contributed by atoms with E-state index < -0.39 is 5.97 Å². The van der Waals surface area contributed by atoms with Crippen molar-refractivity contribution in [3.63, 3.8) is 0 Å². The standard InChI is InChI=1S/C18H23N6O3.CH3BO/c1-23-8-6-21-18(23)20-5-3-7-24-16-14(12-22-24)10-13(17(25)26)11-15(16)27-9-2-4-19;1-2-3/h6,8,10-12,19H,2-5,7,9H2,1H3,(H,20,21)(H,25,26);1H3/q-1;. The molecule has 0 amide bonds. The van der Waals surface area contributed by atoms with E-state index in [-0.39, 0.29) is 12.1 Å². The Morgan fingerprint density at radius 3 is 2.77 bits per heavy atom. The summed E-state index contributed by atoms with van der Waals surface area (Å²) in [6, 6.07) is 3.13. The second-order valence-electron chi connectivity index (χ2n) is 6.41. The van der Waals surface area contributed by atoms with Crippen LogP contribution in [0, 0.1) is 0 Å². The first kappa shape index (κ1) is 23.1. The molecular formula is C19H26BN6O4-. The van der Waals surface area contributed by atoms with Crippen molar-refractivity contribution in [1.29, 1.82) is 0 Å². The van der Waals surface area contributed by atoms with Crippen molar-refractivity contribution in [3.8, 4) is 5.75 Å². The zero-order valence-electron chi connectivity index (χ0n) is 17.2. The summed E-state index contributed by atoms with van der Waals surface area (Å²) >= 11 is 0. The number of aromatic nitrogens is 4. The number of anilines is 1. The second-order valence-corrected chi connectivity index (χ2v) is 6.41. The number of carboxylic acids is 1. The number of nitrogens with zero attached hydrogens (tertiary/aromatic N) is 4. The van der Waals surface area contributed by atoms with Crippen molar-refractivity contribution in [1.82, 2.24) is 19.3 Å². The minimum Gasteiger partial charge on any atom is -0.677 e. The number of aryl methyl sites for hydroxylation is 2. The average Bonchev–Trinajstić information content (AvgIpc) is 3.32. The maximum atomic E-state index is 11.4. The van der Waals surface area contributed by atoms with E-state index in [1.54, 1.807) is 18.5 Å². The Hall–Kier alpha value is -3.21. The normalized spacial score (nSPS) is 10.2. The number of rotatable bonds is 10. The van der Waals surface area contributed by atoms with Crippen LogP contribution in [0.1, 0.15) is 23.2 Å². The number of carboxylic acid groups (broad SMARTS) is 1. The van der Waals surface area contributed by atoms with Gasteiger partial charge in [0.05, 0.1) is 18.4 Å². The predicted molar refractivity (Wildman–Crippen MR) is 115 cm³/mol. The Morgan fingerprint density at radius 2 is 2.13 bits per heavy atom. The van der Waals surface area contributed by atoms with Crippen LogP contribution in [0.4, 0.5) is 5.95 Å². The molecule has 1 aromatic carbocycles. The van der Waals surface area contributed by atoms with E-state index in [4.69, 9.17) is 15.2 Å². The Labute approximate surface area is 175 Å². The number of carbonyl (C=O) groups is 1. The molecule has 0 saturated carbocycles. The zero-order valence-corrected chi connectivity index (χ0v) is 17.2. The molecule has 11 heteroatoms. The number of hydrogen-bond donors (Lipinski definition) is 2. The molecule has 3 N–H and O–H groups in total. The molecule has 0 aliphatic carbocycles. The van der Waals surface area contributed by atoms with Gasteiger partial charge < -0.3 is 25.5 Å². The number of fused-ring (bicyclic) bond motifs is 1. The molecule has 10 nitrogen and oxygen atoms in total. The van der Waals surface area contributed by atoms with Gasteiger partial charge in [0.15, 0.2) is 0 Å². The molecule has 0 aliphatic rings. The Balaban J connectivity index is 0.00000101. The minimum absolute atomic E-state index is 0.166. The van der Waals surface area contributed by atoms with Crippen molar-refractivity contribution in [3.05, 3.63) is 42.0 Å². The zero-order chi connectivity index (χ0) is 21.9. The van der Waals surface area contributed by atoms with E-state index >= 15 is 0 Å². The van der Waals surface area contributed by atoms with Gasteiger partial charge in [0.1, 0.15) is 11.3 Å². The number of nitrogens with one attached hydrogen (secondary N) is 2. The maximum absolute atomic E-state index is 11.4. The molecular weight excluding hydrogens is 387 g/mol. The smallest absolute Gasteiger partial charge is 0.335 e. The average molecular weight is 413 g/mol. The molecule has 3 rings (SSSR count). The predicted octanol–water partition coefficient (Wildman–Crippen LogP) is 2.88. The van der Waals surface area contributed by atoms with Gasteiger partial charge >= 0.3 is 24.6 Å². The summed E-state index contributed by atoms with van der Waals surface area (Å²) in [6.45, 7) is 3.46. The summed E-state index contributed by atoms with van der Waals surface area (Å²) < 4.78 is 18.3. The Bertz CT molecular complexity index is 971. The fourth-order valence-corrected chi connectivity index (χ4v) is 2.82. The molecule has 0 unspecified atom stereocenters. The third-order valence-corrected chi connectivity index (χ3v) is 4.18. The number of benzene rings is 1. The van der Waals surface area contributed by atoms with Crippen molar-refractivity contribution >= 4 is 30.0 Å². The van der Waals surface area contributed by atoms with Crippen LogP contribution in [-0.4, -0.2) is 57.3 Å². The van der Waals surface area contributed by atoms with Crippen molar-refractivity contribution < 1.29 is 19.3 Å². The van der Waals surface area contributed by atoms with Crippen LogP contribution in [0.15, 0.2) is 30.7 Å². The van der Waals surface area contributed by atoms with Gasteiger partial charge in [0, 0.05) is 37.9 Å². The molecule has 0 radical (unpaired) electrons. The maximum Gasteiger partial charge on any atom is 0.335 e. The van der Waals surface area contributed by atoms with E-state index in [0.717, 1.165) is 37.0 Å². The summed E-state index contributed by atoms with van der Waals surface area (Å²) in [5, 5.41) is 17.7. The summed E-state index contributed by atoms with van der Waals surface area (Å²) in [7, 11) is 2.68. The van der Waals surface area contributed by atoms with Crippen LogP contribution in [0.2, 0.25) is 6.82 Å². The van der Waals surface area contributed by atoms with Gasteiger partial charge in [-0.05, 0) is 25.0 Å². The molecule has 2 aromatic heterocycles. The molecule has 0 bridgehead atoms. The van der Waals surface area contributed by atoms with Gasteiger partial charge in [-0.3, -0.25) is 4.68 Å². The van der Waals surface area contributed by atoms with Gasteiger partial charge in [-0.2, -0.15) is 5.10 Å². The summed E-state index contributed by atoms with van der Waals surface area (Å²) in [5.41, 5.74) is 8.18. The first-order valence-electron chi connectivity index (χ1n) is 9.63. The van der Waals surface area contributed by atoms with Gasteiger partial charge in [0.2, 0.25) is 5.95 Å². The van der Waals surface area contributed by atoms with E-state index in [2.05, 4.69) is 15.4 Å². The Morgan fingerprint density at radius 1 is 1.37 bits per heavy atom. The molecule has 3 aromatic rings. The van der Waals surface area contributed by atoms with E-state index in [1.165, 1.54) is 12.9 Å². The van der Waals surface area contributed by atoms with Crippen molar-refractivity contribution in [2.24, 2.45) is 7.05 Å². The van der Waals surface area contributed by atoms with E-state index in [0.29, 0.717) is 25.3 Å². The third-order valence-electron chi connectivity index (χ3n) is 4.18. The third kappa shape index (κ3) is 6.15. The monoisotopic (exact) mass is 413 g/mol. The molecule has 0 aliphatic heterocycles. The minimum atomic E-state index is -1.01. The Kier molecular flexibility index (Phi) is 9.01. The van der Waals surface area contributed by atoms with E-state index in [1.807, 2.05) is 22.5 Å². The molecule has 2 heterocycles. The fraction of sp³-hybridized carbons (Fsp3) is 0.421. The van der Waals surface area contributed by atoms with Gasteiger partial charge in [-0.15, -0.1) is 6.54 Å². The fourth-order valence-electron chi connectivity index (χ4n) is 2.82.